The molecule has 106 valence electrons. The first-order valence-corrected chi connectivity index (χ1v) is 7.00. The van der Waals surface area contributed by atoms with E-state index in [1.807, 2.05) is 12.3 Å². The van der Waals surface area contributed by atoms with Gasteiger partial charge in [0.1, 0.15) is 5.60 Å². The van der Waals surface area contributed by atoms with Crippen LogP contribution in [0.15, 0.2) is 30.5 Å². The van der Waals surface area contributed by atoms with E-state index in [0.717, 1.165) is 18.6 Å². The van der Waals surface area contributed by atoms with Crippen molar-refractivity contribution in [1.29, 1.82) is 0 Å². The number of aromatic nitrogens is 1. The number of nitrogens with zero attached hydrogens (tertiary/aromatic N) is 2. The van der Waals surface area contributed by atoms with Crippen LogP contribution in [-0.2, 0) is 6.54 Å². The summed E-state index contributed by atoms with van der Waals surface area (Å²) in [6.45, 7) is 4.02. The highest BCUT2D eigenvalue weighted by Crippen LogP contribution is 2.26. The van der Waals surface area contributed by atoms with Crippen LogP contribution < -0.4 is 0 Å². The van der Waals surface area contributed by atoms with Crippen LogP contribution in [0, 0.1) is 6.92 Å². The van der Waals surface area contributed by atoms with Crippen LogP contribution in [0.3, 0.4) is 0 Å². The van der Waals surface area contributed by atoms with Crippen molar-refractivity contribution in [2.75, 3.05) is 19.7 Å². The monoisotopic (exact) mass is 272 g/mol. The molecule has 0 radical (unpaired) electrons. The molecule has 20 heavy (non-hydrogen) atoms. The number of aliphatic hydroxyl groups is 2. The summed E-state index contributed by atoms with van der Waals surface area (Å²) in [5, 5.41) is 20.5. The molecule has 0 saturated carbocycles. The summed E-state index contributed by atoms with van der Waals surface area (Å²) in [5.74, 6) is 0. The lowest BCUT2D eigenvalue weighted by molar-refractivity contribution is -0.00577. The smallest absolute Gasteiger partial charge is 0.102 e. The van der Waals surface area contributed by atoms with Crippen molar-refractivity contribution in [3.8, 4) is 0 Å². The third-order valence-electron chi connectivity index (χ3n) is 4.16. The third-order valence-corrected chi connectivity index (χ3v) is 4.16. The van der Waals surface area contributed by atoms with E-state index in [-0.39, 0.29) is 6.61 Å². The summed E-state index contributed by atoms with van der Waals surface area (Å²) in [4.78, 5) is 6.64. The van der Waals surface area contributed by atoms with Gasteiger partial charge >= 0.3 is 0 Å². The molecule has 0 aliphatic carbocycles. The Morgan fingerprint density at radius 3 is 2.95 bits per heavy atom. The number of benzene rings is 1. The number of rotatable bonds is 3. The number of hydrogen-bond acceptors (Lipinski definition) is 4. The van der Waals surface area contributed by atoms with Crippen LogP contribution in [-0.4, -0.2) is 45.4 Å². The fourth-order valence-electron chi connectivity index (χ4n) is 2.96. The molecular weight excluding hydrogens is 252 g/mol. The fourth-order valence-corrected chi connectivity index (χ4v) is 2.96. The Labute approximate surface area is 118 Å². The van der Waals surface area contributed by atoms with Gasteiger partial charge in [0.2, 0.25) is 0 Å². The first kappa shape index (κ1) is 13.5. The summed E-state index contributed by atoms with van der Waals surface area (Å²) in [7, 11) is 0. The number of β-amino-alcohol motifs (C(OH)–C–C–N with tert-alkyl or cyclic N) is 1. The summed E-state index contributed by atoms with van der Waals surface area (Å²) >= 11 is 0. The van der Waals surface area contributed by atoms with Gasteiger partial charge in [-0.2, -0.15) is 0 Å². The molecule has 4 nitrogen and oxygen atoms in total. The molecule has 0 spiro atoms. The van der Waals surface area contributed by atoms with Crippen LogP contribution >= 0.6 is 0 Å². The largest absolute Gasteiger partial charge is 0.393 e. The molecule has 1 saturated heterocycles. The van der Waals surface area contributed by atoms with Crippen LogP contribution in [0.5, 0.6) is 0 Å². The predicted molar refractivity (Wildman–Crippen MR) is 78.4 cm³/mol. The van der Waals surface area contributed by atoms with Crippen molar-refractivity contribution < 1.29 is 10.2 Å². The van der Waals surface area contributed by atoms with Gasteiger partial charge in [0.15, 0.2) is 0 Å². The van der Waals surface area contributed by atoms with E-state index in [0.29, 0.717) is 13.0 Å². The topological polar surface area (TPSA) is 56.6 Å². The van der Waals surface area contributed by atoms with Gasteiger partial charge in [-0.25, -0.2) is 0 Å². The zero-order valence-electron chi connectivity index (χ0n) is 11.7. The van der Waals surface area contributed by atoms with E-state index in [1.165, 1.54) is 16.5 Å². The van der Waals surface area contributed by atoms with Crippen LogP contribution in [0.4, 0.5) is 0 Å². The standard InChI is InChI=1S/C16H20N2O2/c1-12-4-5-13(14-3-2-7-17-15(12)14)9-18-8-6-16(20,10-18)11-19/h2-5,7,19-20H,6,8-11H2,1H3. The van der Waals surface area contributed by atoms with Crippen LogP contribution in [0.2, 0.25) is 0 Å². The second-order valence-corrected chi connectivity index (χ2v) is 5.78. The molecule has 1 aromatic heterocycles. The second-order valence-electron chi connectivity index (χ2n) is 5.78. The Balaban J connectivity index is 1.87. The lowest BCUT2D eigenvalue weighted by Crippen LogP contribution is -2.36. The number of hydrogen-bond donors (Lipinski definition) is 2. The maximum absolute atomic E-state index is 10.1. The minimum atomic E-state index is -0.932. The van der Waals surface area contributed by atoms with Crippen molar-refractivity contribution in [2.24, 2.45) is 0 Å². The van der Waals surface area contributed by atoms with E-state index < -0.39 is 5.60 Å². The predicted octanol–water partition coefficient (Wildman–Crippen LogP) is 1.47. The molecule has 4 heteroatoms. The molecule has 1 unspecified atom stereocenters. The molecule has 1 aliphatic rings. The average Bonchev–Trinajstić information content (AvgIpc) is 2.85. The highest BCUT2D eigenvalue weighted by Gasteiger charge is 2.35. The minimum Gasteiger partial charge on any atom is -0.393 e. The molecule has 1 atom stereocenters. The number of aliphatic hydroxyl groups excluding tert-OH is 1. The van der Waals surface area contributed by atoms with E-state index in [2.05, 4.69) is 35.0 Å². The van der Waals surface area contributed by atoms with Crippen molar-refractivity contribution in [2.45, 2.75) is 25.5 Å². The molecule has 1 aliphatic heterocycles. The van der Waals surface area contributed by atoms with Gasteiger partial charge in [-0.1, -0.05) is 18.2 Å². The molecule has 0 bridgehead atoms. The summed E-state index contributed by atoms with van der Waals surface area (Å²) in [6.07, 6.45) is 2.45. The maximum atomic E-state index is 10.1. The van der Waals surface area contributed by atoms with Crippen LogP contribution in [0.25, 0.3) is 10.9 Å². The first-order valence-electron chi connectivity index (χ1n) is 7.00. The molecule has 3 rings (SSSR count). The SMILES string of the molecule is Cc1ccc(CN2CCC(O)(CO)C2)c2cccnc12. The zero-order valence-corrected chi connectivity index (χ0v) is 11.7. The van der Waals surface area contributed by atoms with E-state index in [4.69, 9.17) is 0 Å². The lowest BCUT2D eigenvalue weighted by atomic mass is 10.0. The first-order chi connectivity index (χ1) is 9.61. The Kier molecular flexibility index (Phi) is 3.46. The molecule has 0 amide bonds. The normalized spacial score (nSPS) is 23.6. The molecule has 1 aromatic carbocycles. The average molecular weight is 272 g/mol. The Hall–Kier alpha value is -1.49. The fraction of sp³-hybridized carbons (Fsp3) is 0.438. The van der Waals surface area contributed by atoms with E-state index in [1.54, 1.807) is 0 Å². The number of fused-ring (bicyclic) bond motifs is 1. The molecule has 1 fully saturated rings. The lowest BCUT2D eigenvalue weighted by Gasteiger charge is -2.21. The van der Waals surface area contributed by atoms with Crippen molar-refractivity contribution in [3.63, 3.8) is 0 Å². The zero-order chi connectivity index (χ0) is 14.2. The third kappa shape index (κ3) is 2.42. The highest BCUT2D eigenvalue weighted by atomic mass is 16.3. The molecule has 2 aromatic rings. The summed E-state index contributed by atoms with van der Waals surface area (Å²) in [6, 6.07) is 8.28. The number of likely N-dealkylation sites (tertiary alicyclic amines) is 1. The van der Waals surface area contributed by atoms with Crippen molar-refractivity contribution in [1.82, 2.24) is 9.88 Å². The van der Waals surface area contributed by atoms with Gasteiger partial charge in [-0.15, -0.1) is 0 Å². The summed E-state index contributed by atoms with van der Waals surface area (Å²) < 4.78 is 0. The van der Waals surface area contributed by atoms with Gasteiger partial charge in [0.25, 0.3) is 0 Å². The van der Waals surface area contributed by atoms with Gasteiger partial charge in [-0.3, -0.25) is 9.88 Å². The van der Waals surface area contributed by atoms with E-state index in [9.17, 15) is 10.2 Å². The Morgan fingerprint density at radius 2 is 2.20 bits per heavy atom. The van der Waals surface area contributed by atoms with Crippen molar-refractivity contribution in [3.05, 3.63) is 41.6 Å². The molecular formula is C16H20N2O2. The Bertz CT molecular complexity index is 629. The van der Waals surface area contributed by atoms with Crippen molar-refractivity contribution >= 4 is 10.9 Å². The van der Waals surface area contributed by atoms with E-state index >= 15 is 0 Å². The van der Waals surface area contributed by atoms with Crippen LogP contribution in [0.1, 0.15) is 17.5 Å². The van der Waals surface area contributed by atoms with Gasteiger partial charge in [-0.05, 0) is 30.5 Å². The molecule has 2 N–H and O–H groups in total. The molecule has 2 heterocycles. The quantitative estimate of drug-likeness (QED) is 0.888. The van der Waals surface area contributed by atoms with Gasteiger partial charge in [0.05, 0.1) is 12.1 Å². The van der Waals surface area contributed by atoms with Gasteiger partial charge < -0.3 is 10.2 Å². The summed E-state index contributed by atoms with van der Waals surface area (Å²) in [5.41, 5.74) is 2.51. The number of pyridine rings is 1. The Morgan fingerprint density at radius 1 is 1.35 bits per heavy atom. The second kappa shape index (κ2) is 5.13. The van der Waals surface area contributed by atoms with Gasteiger partial charge in [0, 0.05) is 31.2 Å². The minimum absolute atomic E-state index is 0.167. The highest BCUT2D eigenvalue weighted by molar-refractivity contribution is 5.84. The number of aryl methyl sites for hydroxylation is 1. The maximum Gasteiger partial charge on any atom is 0.102 e.